The van der Waals surface area contributed by atoms with Crippen molar-refractivity contribution in [1.29, 1.82) is 0 Å². The number of piperidine rings is 2. The van der Waals surface area contributed by atoms with Crippen LogP contribution < -0.4 is 0 Å². The van der Waals surface area contributed by atoms with Crippen molar-refractivity contribution in [3.8, 4) is 0 Å². The number of rotatable bonds is 3. The summed E-state index contributed by atoms with van der Waals surface area (Å²) < 4.78 is 0. The van der Waals surface area contributed by atoms with E-state index in [1.54, 1.807) is 0 Å². The van der Waals surface area contributed by atoms with Crippen LogP contribution in [0.5, 0.6) is 0 Å². The van der Waals surface area contributed by atoms with E-state index >= 15 is 0 Å². The number of carbonyl (C=O) groups is 1. The summed E-state index contributed by atoms with van der Waals surface area (Å²) in [5.41, 5.74) is 0. The Balaban J connectivity index is 1.97. The minimum atomic E-state index is 0.196. The van der Waals surface area contributed by atoms with Crippen LogP contribution in [0.1, 0.15) is 32.1 Å². The van der Waals surface area contributed by atoms with E-state index in [4.69, 9.17) is 5.11 Å². The minimum absolute atomic E-state index is 0.196. The van der Waals surface area contributed by atoms with Gasteiger partial charge in [-0.05, 0) is 32.1 Å². The number of hydrogen-bond acceptors (Lipinski definition) is 2. The van der Waals surface area contributed by atoms with Crippen molar-refractivity contribution in [1.82, 2.24) is 4.90 Å². The highest BCUT2D eigenvalue weighted by atomic mass is 16.3. The van der Waals surface area contributed by atoms with E-state index in [1.165, 1.54) is 12.8 Å². The lowest BCUT2D eigenvalue weighted by Gasteiger charge is -2.44. The molecule has 2 heterocycles. The third-order valence-electron chi connectivity index (χ3n) is 3.33. The van der Waals surface area contributed by atoms with E-state index in [-0.39, 0.29) is 6.61 Å². The van der Waals surface area contributed by atoms with Crippen LogP contribution in [0.3, 0.4) is 0 Å². The van der Waals surface area contributed by atoms with Gasteiger partial charge in [0.25, 0.3) is 0 Å². The maximum Gasteiger partial charge on any atom is 0.225 e. The average molecular weight is 183 g/mol. The third kappa shape index (κ3) is 1.57. The smallest absolute Gasteiger partial charge is 0.225 e. The summed E-state index contributed by atoms with van der Waals surface area (Å²) in [6.45, 7) is 0.956. The molecule has 3 fully saturated rings. The normalized spacial score (nSPS) is 32.7. The molecule has 74 valence electrons. The lowest BCUT2D eigenvalue weighted by molar-refractivity contribution is -0.147. The summed E-state index contributed by atoms with van der Waals surface area (Å²) in [5.74, 6) is 0.652. The first-order valence-corrected chi connectivity index (χ1v) is 5.24. The Bertz CT molecular complexity index is 197. The first-order valence-electron chi connectivity index (χ1n) is 5.24. The van der Waals surface area contributed by atoms with Crippen LogP contribution in [0.4, 0.5) is 0 Å². The Morgan fingerprint density at radius 1 is 1.31 bits per heavy atom. The van der Waals surface area contributed by atoms with Gasteiger partial charge in [0, 0.05) is 25.1 Å². The van der Waals surface area contributed by atoms with Crippen LogP contribution >= 0.6 is 0 Å². The van der Waals surface area contributed by atoms with Gasteiger partial charge < -0.3 is 10.0 Å². The van der Waals surface area contributed by atoms with Crippen molar-refractivity contribution >= 4 is 5.91 Å². The quantitative estimate of drug-likeness (QED) is 0.702. The molecular formula is C10H17NO2. The molecule has 1 aliphatic carbocycles. The van der Waals surface area contributed by atoms with Crippen molar-refractivity contribution in [3.05, 3.63) is 0 Å². The summed E-state index contributed by atoms with van der Waals surface area (Å²) in [6.07, 6.45) is 5.29. The Kier molecular flexibility index (Phi) is 2.54. The Hall–Kier alpha value is -0.570. The van der Waals surface area contributed by atoms with Gasteiger partial charge in [0.2, 0.25) is 5.91 Å². The second kappa shape index (κ2) is 3.66. The zero-order valence-electron chi connectivity index (χ0n) is 7.91. The molecule has 3 heteroatoms. The first kappa shape index (κ1) is 9.00. The number of fused-ring (bicyclic) bond motifs is 3. The summed E-state index contributed by atoms with van der Waals surface area (Å²) in [4.78, 5) is 13.7. The lowest BCUT2D eigenvalue weighted by Crippen LogP contribution is -2.52. The largest absolute Gasteiger partial charge is 0.396 e. The first-order chi connectivity index (χ1) is 6.33. The second-order valence-corrected chi connectivity index (χ2v) is 4.11. The van der Waals surface area contributed by atoms with Crippen LogP contribution in [-0.4, -0.2) is 35.1 Å². The van der Waals surface area contributed by atoms with Crippen LogP contribution in [0, 0.1) is 5.92 Å². The monoisotopic (exact) mass is 183 g/mol. The molecule has 13 heavy (non-hydrogen) atoms. The SMILES string of the molecule is O=C1C2CCC(CC2)N1CCCO. The Labute approximate surface area is 78.7 Å². The molecule has 0 aromatic heterocycles. The van der Waals surface area contributed by atoms with Crippen molar-refractivity contribution < 1.29 is 9.90 Å². The highest BCUT2D eigenvalue weighted by Gasteiger charge is 2.39. The molecule has 1 N–H and O–H groups in total. The molecule has 2 aliphatic heterocycles. The molecule has 0 aromatic rings. The van der Waals surface area contributed by atoms with Gasteiger partial charge in [-0.25, -0.2) is 0 Å². The number of aliphatic hydroxyl groups is 1. The summed E-state index contributed by atoms with van der Waals surface area (Å²) in [5, 5.41) is 8.72. The van der Waals surface area contributed by atoms with E-state index in [9.17, 15) is 4.79 Å². The summed E-state index contributed by atoms with van der Waals surface area (Å²) in [6, 6.07) is 0.490. The van der Waals surface area contributed by atoms with Gasteiger partial charge in [-0.3, -0.25) is 4.79 Å². The molecule has 3 rings (SSSR count). The van der Waals surface area contributed by atoms with Gasteiger partial charge in [-0.2, -0.15) is 0 Å². The van der Waals surface area contributed by atoms with Gasteiger partial charge in [-0.1, -0.05) is 0 Å². The average Bonchev–Trinajstić information content (AvgIpc) is 2.18. The molecule has 0 radical (unpaired) electrons. The molecule has 1 saturated carbocycles. The lowest BCUT2D eigenvalue weighted by atomic mass is 9.79. The number of carbonyl (C=O) groups excluding carboxylic acids is 1. The van der Waals surface area contributed by atoms with E-state index in [0.29, 0.717) is 17.9 Å². The van der Waals surface area contributed by atoms with Crippen molar-refractivity contribution in [2.45, 2.75) is 38.1 Å². The number of nitrogens with zero attached hydrogens (tertiary/aromatic N) is 1. The van der Waals surface area contributed by atoms with Gasteiger partial charge in [0.05, 0.1) is 0 Å². The molecule has 0 atom stereocenters. The van der Waals surface area contributed by atoms with E-state index < -0.39 is 0 Å². The molecule has 2 bridgehead atoms. The Morgan fingerprint density at radius 3 is 2.54 bits per heavy atom. The van der Waals surface area contributed by atoms with Crippen LogP contribution in [-0.2, 0) is 4.79 Å². The third-order valence-corrected chi connectivity index (χ3v) is 3.33. The van der Waals surface area contributed by atoms with Crippen LogP contribution in [0.2, 0.25) is 0 Å². The van der Waals surface area contributed by atoms with Crippen LogP contribution in [0.15, 0.2) is 0 Å². The molecule has 3 aliphatic rings. The fourth-order valence-electron chi connectivity index (χ4n) is 2.58. The standard InChI is InChI=1S/C10H17NO2/c12-7-1-6-11-9-4-2-8(3-5-9)10(11)13/h8-9,12H,1-7H2. The molecule has 0 spiro atoms. The van der Waals surface area contributed by atoms with Crippen LogP contribution in [0.25, 0.3) is 0 Å². The van der Waals surface area contributed by atoms with Crippen molar-refractivity contribution in [3.63, 3.8) is 0 Å². The number of hydrogen-bond donors (Lipinski definition) is 1. The van der Waals surface area contributed by atoms with Gasteiger partial charge in [-0.15, -0.1) is 0 Å². The van der Waals surface area contributed by atoms with Gasteiger partial charge in [0.15, 0.2) is 0 Å². The predicted octanol–water partition coefficient (Wildman–Crippen LogP) is 0.770. The fourth-order valence-corrected chi connectivity index (χ4v) is 2.58. The van der Waals surface area contributed by atoms with Gasteiger partial charge >= 0.3 is 0 Å². The Morgan fingerprint density at radius 2 is 2.00 bits per heavy atom. The molecule has 1 amide bonds. The van der Waals surface area contributed by atoms with E-state index in [0.717, 1.165) is 25.8 Å². The van der Waals surface area contributed by atoms with Crippen molar-refractivity contribution in [2.24, 2.45) is 5.92 Å². The maximum atomic E-state index is 11.7. The number of aliphatic hydroxyl groups excluding tert-OH is 1. The van der Waals surface area contributed by atoms with Crippen molar-refractivity contribution in [2.75, 3.05) is 13.2 Å². The zero-order chi connectivity index (χ0) is 9.26. The molecule has 3 nitrogen and oxygen atoms in total. The topological polar surface area (TPSA) is 40.5 Å². The van der Waals surface area contributed by atoms with E-state index in [2.05, 4.69) is 0 Å². The fraction of sp³-hybridized carbons (Fsp3) is 0.900. The molecule has 0 unspecified atom stereocenters. The predicted molar refractivity (Wildman–Crippen MR) is 49.2 cm³/mol. The summed E-state index contributed by atoms with van der Waals surface area (Å²) in [7, 11) is 0. The molecule has 0 aromatic carbocycles. The highest BCUT2D eigenvalue weighted by Crippen LogP contribution is 2.35. The summed E-state index contributed by atoms with van der Waals surface area (Å²) >= 11 is 0. The zero-order valence-corrected chi connectivity index (χ0v) is 7.91. The van der Waals surface area contributed by atoms with Gasteiger partial charge in [0.1, 0.15) is 0 Å². The highest BCUT2D eigenvalue weighted by molar-refractivity contribution is 5.80. The maximum absolute atomic E-state index is 11.7. The number of amides is 1. The molecule has 2 saturated heterocycles. The minimum Gasteiger partial charge on any atom is -0.396 e. The second-order valence-electron chi connectivity index (χ2n) is 4.11. The molecular weight excluding hydrogens is 166 g/mol. The van der Waals surface area contributed by atoms with E-state index in [1.807, 2.05) is 4.90 Å².